The van der Waals surface area contributed by atoms with Crippen LogP contribution in [0.3, 0.4) is 0 Å². The van der Waals surface area contributed by atoms with Gasteiger partial charge in [0.15, 0.2) is 0 Å². The molecular formula is C21H25FN2O3. The molecule has 0 bridgehead atoms. The second-order valence-electron chi connectivity index (χ2n) is 6.69. The Morgan fingerprint density at radius 3 is 2.56 bits per heavy atom. The minimum absolute atomic E-state index is 0.0145. The fourth-order valence-electron chi connectivity index (χ4n) is 3.05. The lowest BCUT2D eigenvalue weighted by Crippen LogP contribution is -2.32. The number of ether oxygens (including phenoxy) is 2. The van der Waals surface area contributed by atoms with E-state index in [9.17, 15) is 9.18 Å². The van der Waals surface area contributed by atoms with Gasteiger partial charge in [-0.3, -0.25) is 4.79 Å². The summed E-state index contributed by atoms with van der Waals surface area (Å²) < 4.78 is 25.2. The number of hydrogen-bond donors (Lipinski definition) is 2. The highest BCUT2D eigenvalue weighted by atomic mass is 19.1. The van der Waals surface area contributed by atoms with Gasteiger partial charge in [-0.05, 0) is 67.6 Å². The third-order valence-corrected chi connectivity index (χ3v) is 4.67. The third kappa shape index (κ3) is 5.52. The summed E-state index contributed by atoms with van der Waals surface area (Å²) in [6.45, 7) is 2.53. The van der Waals surface area contributed by atoms with Crippen LogP contribution in [0.15, 0.2) is 42.5 Å². The first-order valence-electron chi connectivity index (χ1n) is 9.28. The Morgan fingerprint density at radius 2 is 1.85 bits per heavy atom. The molecule has 0 saturated carbocycles. The molecule has 1 amide bonds. The van der Waals surface area contributed by atoms with E-state index in [0.29, 0.717) is 43.7 Å². The lowest BCUT2D eigenvalue weighted by atomic mass is 10.0. The molecule has 1 fully saturated rings. The van der Waals surface area contributed by atoms with Gasteiger partial charge in [-0.15, -0.1) is 0 Å². The first kappa shape index (κ1) is 19.3. The van der Waals surface area contributed by atoms with E-state index in [4.69, 9.17) is 15.2 Å². The predicted molar refractivity (Wildman–Crippen MR) is 102 cm³/mol. The first-order chi connectivity index (χ1) is 13.2. The van der Waals surface area contributed by atoms with Crippen molar-refractivity contribution < 1.29 is 18.7 Å². The summed E-state index contributed by atoms with van der Waals surface area (Å²) in [4.78, 5) is 12.4. The van der Waals surface area contributed by atoms with E-state index in [-0.39, 0.29) is 5.56 Å². The Morgan fingerprint density at radius 1 is 1.15 bits per heavy atom. The van der Waals surface area contributed by atoms with Crippen molar-refractivity contribution in [2.24, 2.45) is 11.7 Å². The van der Waals surface area contributed by atoms with Crippen molar-refractivity contribution in [1.29, 1.82) is 0 Å². The van der Waals surface area contributed by atoms with Gasteiger partial charge < -0.3 is 20.5 Å². The van der Waals surface area contributed by atoms with E-state index in [2.05, 4.69) is 5.32 Å². The Labute approximate surface area is 158 Å². The number of benzene rings is 2. The van der Waals surface area contributed by atoms with Gasteiger partial charge in [0.05, 0.1) is 5.56 Å². The third-order valence-electron chi connectivity index (χ3n) is 4.67. The molecule has 1 aliphatic rings. The Hall–Kier alpha value is -2.44. The number of halogens is 1. The number of amides is 1. The van der Waals surface area contributed by atoms with E-state index in [1.807, 2.05) is 24.3 Å². The SMILES string of the molecule is NCCc1ccc(Oc2ccc(F)c(C(=O)NCC3CCOCC3)c2)cc1. The fraction of sp³-hybridized carbons (Fsp3) is 0.381. The normalized spacial score (nSPS) is 14.7. The van der Waals surface area contributed by atoms with Gasteiger partial charge in [-0.2, -0.15) is 0 Å². The molecular weight excluding hydrogens is 347 g/mol. The van der Waals surface area contributed by atoms with Crippen molar-refractivity contribution in [3.63, 3.8) is 0 Å². The molecule has 3 N–H and O–H groups in total. The zero-order valence-corrected chi connectivity index (χ0v) is 15.2. The number of rotatable bonds is 7. The van der Waals surface area contributed by atoms with Crippen LogP contribution in [0.2, 0.25) is 0 Å². The maximum absolute atomic E-state index is 14.1. The average molecular weight is 372 g/mol. The lowest BCUT2D eigenvalue weighted by Gasteiger charge is -2.22. The number of carbonyl (C=O) groups excluding carboxylic acids is 1. The first-order valence-corrected chi connectivity index (χ1v) is 9.28. The minimum Gasteiger partial charge on any atom is -0.457 e. The molecule has 0 spiro atoms. The molecule has 0 aliphatic carbocycles. The second-order valence-corrected chi connectivity index (χ2v) is 6.69. The van der Waals surface area contributed by atoms with Gasteiger partial charge in [0.2, 0.25) is 0 Å². The van der Waals surface area contributed by atoms with Gasteiger partial charge in [0.25, 0.3) is 5.91 Å². The fourth-order valence-corrected chi connectivity index (χ4v) is 3.05. The van der Waals surface area contributed by atoms with Crippen LogP contribution in [0.1, 0.15) is 28.8 Å². The van der Waals surface area contributed by atoms with Crippen molar-refractivity contribution in [2.45, 2.75) is 19.3 Å². The molecule has 3 rings (SSSR count). The Bertz CT molecular complexity index is 759. The molecule has 1 saturated heterocycles. The number of nitrogens with one attached hydrogen (secondary N) is 1. The van der Waals surface area contributed by atoms with Crippen molar-refractivity contribution >= 4 is 5.91 Å². The summed E-state index contributed by atoms with van der Waals surface area (Å²) in [5.41, 5.74) is 6.65. The molecule has 6 heteroatoms. The number of nitrogens with two attached hydrogens (primary N) is 1. The summed E-state index contributed by atoms with van der Waals surface area (Å²) in [5.74, 6) is 0.417. The second kappa shape index (κ2) is 9.48. The van der Waals surface area contributed by atoms with Gasteiger partial charge in [-0.25, -0.2) is 4.39 Å². The number of carbonyl (C=O) groups is 1. The van der Waals surface area contributed by atoms with Gasteiger partial charge >= 0.3 is 0 Å². The van der Waals surface area contributed by atoms with Gasteiger partial charge in [0.1, 0.15) is 17.3 Å². The number of hydrogen-bond acceptors (Lipinski definition) is 4. The van der Waals surface area contributed by atoms with Crippen molar-refractivity contribution in [3.8, 4) is 11.5 Å². The monoisotopic (exact) mass is 372 g/mol. The van der Waals surface area contributed by atoms with Crippen molar-refractivity contribution in [2.75, 3.05) is 26.3 Å². The Balaban J connectivity index is 1.63. The van der Waals surface area contributed by atoms with Gasteiger partial charge in [-0.1, -0.05) is 12.1 Å². The van der Waals surface area contributed by atoms with E-state index in [1.54, 1.807) is 0 Å². The van der Waals surface area contributed by atoms with E-state index in [1.165, 1.54) is 18.2 Å². The average Bonchev–Trinajstić information content (AvgIpc) is 2.70. The van der Waals surface area contributed by atoms with Crippen molar-refractivity contribution in [1.82, 2.24) is 5.32 Å². The van der Waals surface area contributed by atoms with E-state index in [0.717, 1.165) is 24.8 Å². The minimum atomic E-state index is -0.565. The zero-order chi connectivity index (χ0) is 19.1. The molecule has 0 unspecified atom stereocenters. The van der Waals surface area contributed by atoms with Crippen LogP contribution < -0.4 is 15.8 Å². The maximum Gasteiger partial charge on any atom is 0.254 e. The van der Waals surface area contributed by atoms with Crippen molar-refractivity contribution in [3.05, 3.63) is 59.4 Å². The molecule has 0 aromatic heterocycles. The molecule has 0 atom stereocenters. The summed E-state index contributed by atoms with van der Waals surface area (Å²) in [6, 6.07) is 11.7. The summed E-state index contributed by atoms with van der Waals surface area (Å²) in [5, 5.41) is 2.82. The largest absolute Gasteiger partial charge is 0.457 e. The van der Waals surface area contributed by atoms with Crippen LogP contribution in [0.25, 0.3) is 0 Å². The van der Waals surface area contributed by atoms with Crippen LogP contribution in [0, 0.1) is 11.7 Å². The van der Waals surface area contributed by atoms with Crippen LogP contribution in [0.4, 0.5) is 4.39 Å². The van der Waals surface area contributed by atoms with Crippen LogP contribution in [0.5, 0.6) is 11.5 Å². The smallest absolute Gasteiger partial charge is 0.254 e. The maximum atomic E-state index is 14.1. The van der Waals surface area contributed by atoms with E-state index >= 15 is 0 Å². The highest BCUT2D eigenvalue weighted by molar-refractivity contribution is 5.94. The summed E-state index contributed by atoms with van der Waals surface area (Å²) >= 11 is 0. The Kier molecular flexibility index (Phi) is 6.79. The predicted octanol–water partition coefficient (Wildman–Crippen LogP) is 3.28. The van der Waals surface area contributed by atoms with Crippen LogP contribution in [-0.2, 0) is 11.2 Å². The molecule has 1 heterocycles. The van der Waals surface area contributed by atoms with Crippen LogP contribution in [-0.4, -0.2) is 32.2 Å². The molecule has 2 aromatic carbocycles. The molecule has 144 valence electrons. The molecule has 1 aliphatic heterocycles. The summed E-state index contributed by atoms with van der Waals surface area (Å²) in [7, 11) is 0. The molecule has 5 nitrogen and oxygen atoms in total. The quantitative estimate of drug-likeness (QED) is 0.782. The zero-order valence-electron chi connectivity index (χ0n) is 15.2. The highest BCUT2D eigenvalue weighted by Gasteiger charge is 2.17. The van der Waals surface area contributed by atoms with Gasteiger partial charge in [0, 0.05) is 19.8 Å². The molecule has 2 aromatic rings. The highest BCUT2D eigenvalue weighted by Crippen LogP contribution is 2.24. The molecule has 27 heavy (non-hydrogen) atoms. The lowest BCUT2D eigenvalue weighted by molar-refractivity contribution is 0.0642. The summed E-state index contributed by atoms with van der Waals surface area (Å²) in [6.07, 6.45) is 2.62. The standard InChI is InChI=1S/C21H25FN2O3/c22-20-6-5-18(27-17-3-1-15(2-4-17)7-10-23)13-19(20)21(25)24-14-16-8-11-26-12-9-16/h1-6,13,16H,7-12,14,23H2,(H,24,25). The van der Waals surface area contributed by atoms with Crippen LogP contribution >= 0.6 is 0 Å². The molecule has 0 radical (unpaired) electrons. The van der Waals surface area contributed by atoms with E-state index < -0.39 is 11.7 Å². The topological polar surface area (TPSA) is 73.6 Å².